The molecule has 218 valence electrons. The lowest BCUT2D eigenvalue weighted by atomic mass is 10.2. The molecule has 3 aromatic carbocycles. The first-order valence-electron chi connectivity index (χ1n) is 12.2. The lowest BCUT2D eigenvalue weighted by Gasteiger charge is -2.11. The number of ether oxygens (including phenoxy) is 6. The average Bonchev–Trinajstić information content (AvgIpc) is 2.99. The Morgan fingerprint density at radius 3 is 1.40 bits per heavy atom. The molecule has 0 amide bonds. The zero-order valence-electron chi connectivity index (χ0n) is 22.0. The molecular formula is C30H24F2O10. The first-order chi connectivity index (χ1) is 20.2. The quantitative estimate of drug-likeness (QED) is 0.115. The molecule has 0 fully saturated rings. The molecule has 0 saturated heterocycles. The predicted molar refractivity (Wildman–Crippen MR) is 142 cm³/mol. The van der Waals surface area contributed by atoms with Crippen LogP contribution in [0.15, 0.2) is 86.0 Å². The van der Waals surface area contributed by atoms with Crippen LogP contribution in [0.4, 0.5) is 8.78 Å². The summed E-state index contributed by atoms with van der Waals surface area (Å²) in [5.41, 5.74) is 0.0295. The van der Waals surface area contributed by atoms with Crippen molar-refractivity contribution >= 4 is 23.9 Å². The fourth-order valence-corrected chi connectivity index (χ4v) is 3.11. The van der Waals surface area contributed by atoms with Crippen LogP contribution in [0.1, 0.15) is 20.7 Å². The number of esters is 4. The van der Waals surface area contributed by atoms with E-state index in [1.54, 1.807) is 0 Å². The SMILES string of the molecule is C=CC(=O)OCCOc1ccc(C(=O)Oc2cc(F)c(OC(=O)c3ccc(OCCOC(=O)C=C)cc3)c(F)c2)cc1. The summed E-state index contributed by atoms with van der Waals surface area (Å²) in [5, 5.41) is 0. The Kier molecular flexibility index (Phi) is 11.3. The van der Waals surface area contributed by atoms with E-state index >= 15 is 0 Å². The van der Waals surface area contributed by atoms with Crippen LogP contribution in [-0.4, -0.2) is 50.3 Å². The Labute approximate surface area is 238 Å². The van der Waals surface area contributed by atoms with E-state index in [2.05, 4.69) is 13.2 Å². The van der Waals surface area contributed by atoms with Crippen LogP contribution >= 0.6 is 0 Å². The average molecular weight is 583 g/mol. The minimum absolute atomic E-state index is 0.00367. The van der Waals surface area contributed by atoms with Crippen LogP contribution in [-0.2, 0) is 19.1 Å². The number of rotatable bonds is 14. The molecule has 0 N–H and O–H groups in total. The summed E-state index contributed by atoms with van der Waals surface area (Å²) in [7, 11) is 0. The van der Waals surface area contributed by atoms with Gasteiger partial charge in [-0.1, -0.05) is 13.2 Å². The lowest BCUT2D eigenvalue weighted by Crippen LogP contribution is -2.13. The Morgan fingerprint density at radius 1 is 0.595 bits per heavy atom. The summed E-state index contributed by atoms with van der Waals surface area (Å²) in [6, 6.07) is 12.5. The van der Waals surface area contributed by atoms with Gasteiger partial charge in [0.1, 0.15) is 43.7 Å². The minimum atomic E-state index is -1.28. The van der Waals surface area contributed by atoms with Gasteiger partial charge in [0, 0.05) is 24.3 Å². The highest BCUT2D eigenvalue weighted by atomic mass is 19.1. The molecular weight excluding hydrogens is 558 g/mol. The Hall–Kier alpha value is -5.52. The largest absolute Gasteiger partial charge is 0.490 e. The molecule has 3 rings (SSSR count). The fourth-order valence-electron chi connectivity index (χ4n) is 3.11. The van der Waals surface area contributed by atoms with Crippen LogP contribution in [0, 0.1) is 11.6 Å². The fraction of sp³-hybridized carbons (Fsp3) is 0.133. The number of carbonyl (C=O) groups excluding carboxylic acids is 4. The summed E-state index contributed by atoms with van der Waals surface area (Å²) in [6.07, 6.45) is 2.04. The zero-order valence-corrected chi connectivity index (χ0v) is 22.0. The van der Waals surface area contributed by atoms with Gasteiger partial charge in [-0.05, 0) is 48.5 Å². The van der Waals surface area contributed by atoms with Crippen molar-refractivity contribution in [1.82, 2.24) is 0 Å². The van der Waals surface area contributed by atoms with Crippen LogP contribution in [0.5, 0.6) is 23.0 Å². The maximum absolute atomic E-state index is 14.6. The summed E-state index contributed by atoms with van der Waals surface area (Å²) < 4.78 is 59.4. The smallest absolute Gasteiger partial charge is 0.343 e. The highest BCUT2D eigenvalue weighted by Crippen LogP contribution is 2.28. The minimum Gasteiger partial charge on any atom is -0.490 e. The van der Waals surface area contributed by atoms with E-state index in [0.717, 1.165) is 12.2 Å². The second-order valence-electron chi connectivity index (χ2n) is 7.98. The van der Waals surface area contributed by atoms with Gasteiger partial charge in [0.25, 0.3) is 0 Å². The van der Waals surface area contributed by atoms with Gasteiger partial charge in [-0.25, -0.2) is 28.0 Å². The molecule has 0 aliphatic carbocycles. The molecule has 0 spiro atoms. The van der Waals surface area contributed by atoms with E-state index in [1.807, 2.05) is 0 Å². The lowest BCUT2D eigenvalue weighted by molar-refractivity contribution is -0.139. The second-order valence-corrected chi connectivity index (χ2v) is 7.98. The molecule has 0 saturated carbocycles. The van der Waals surface area contributed by atoms with E-state index in [0.29, 0.717) is 23.6 Å². The van der Waals surface area contributed by atoms with E-state index < -0.39 is 47.0 Å². The molecule has 0 heterocycles. The molecule has 0 unspecified atom stereocenters. The van der Waals surface area contributed by atoms with E-state index in [1.165, 1.54) is 48.5 Å². The highest BCUT2D eigenvalue weighted by molar-refractivity contribution is 5.92. The third kappa shape index (κ3) is 9.30. The molecule has 0 aliphatic heterocycles. The van der Waals surface area contributed by atoms with Crippen molar-refractivity contribution in [2.75, 3.05) is 26.4 Å². The van der Waals surface area contributed by atoms with E-state index in [9.17, 15) is 28.0 Å². The Morgan fingerprint density at radius 2 is 1.00 bits per heavy atom. The number of hydrogen-bond donors (Lipinski definition) is 0. The standard InChI is InChI=1S/C30H24F2O10/c1-3-26(33)39-15-13-37-21-9-5-19(6-10-21)29(35)41-23-17-24(31)28(25(32)18-23)42-30(36)20-7-11-22(12-8-20)38-14-16-40-27(34)4-2/h3-12,17-18H,1-2,13-16H2. The molecule has 0 aliphatic rings. The van der Waals surface area contributed by atoms with Gasteiger partial charge in [0.05, 0.1) is 11.1 Å². The van der Waals surface area contributed by atoms with Crippen LogP contribution in [0.3, 0.4) is 0 Å². The predicted octanol–water partition coefficient (Wildman–Crippen LogP) is 4.62. The van der Waals surface area contributed by atoms with Gasteiger partial charge >= 0.3 is 23.9 Å². The summed E-state index contributed by atoms with van der Waals surface area (Å²) in [5.74, 6) is -6.42. The van der Waals surface area contributed by atoms with Crippen LogP contribution < -0.4 is 18.9 Å². The molecule has 0 radical (unpaired) electrons. The first-order valence-corrected chi connectivity index (χ1v) is 12.2. The number of hydrogen-bond acceptors (Lipinski definition) is 10. The Bertz CT molecular complexity index is 1430. The molecule has 0 atom stereocenters. The van der Waals surface area contributed by atoms with Crippen molar-refractivity contribution in [3.05, 3.63) is 109 Å². The van der Waals surface area contributed by atoms with E-state index in [-0.39, 0.29) is 37.6 Å². The van der Waals surface area contributed by atoms with Crippen molar-refractivity contribution in [3.63, 3.8) is 0 Å². The van der Waals surface area contributed by atoms with Gasteiger partial charge in [0.2, 0.25) is 5.75 Å². The molecule has 42 heavy (non-hydrogen) atoms. The van der Waals surface area contributed by atoms with E-state index in [4.69, 9.17) is 28.4 Å². The number of halogens is 2. The number of benzene rings is 3. The zero-order chi connectivity index (χ0) is 30.5. The molecule has 0 aromatic heterocycles. The van der Waals surface area contributed by atoms with Gasteiger partial charge in [-0.2, -0.15) is 0 Å². The van der Waals surface area contributed by atoms with Gasteiger partial charge in [0.15, 0.2) is 11.6 Å². The van der Waals surface area contributed by atoms with Crippen molar-refractivity contribution in [3.8, 4) is 23.0 Å². The third-order valence-corrected chi connectivity index (χ3v) is 5.08. The highest BCUT2D eigenvalue weighted by Gasteiger charge is 2.20. The molecule has 12 heteroatoms. The number of carbonyl (C=O) groups is 4. The van der Waals surface area contributed by atoms with Crippen LogP contribution in [0.25, 0.3) is 0 Å². The molecule has 0 bridgehead atoms. The summed E-state index contributed by atoms with van der Waals surface area (Å²) in [6.45, 7) is 6.63. The second kappa shape index (κ2) is 15.3. The Balaban J connectivity index is 1.53. The molecule has 3 aromatic rings. The maximum Gasteiger partial charge on any atom is 0.343 e. The van der Waals surface area contributed by atoms with Gasteiger partial charge < -0.3 is 28.4 Å². The normalized spacial score (nSPS) is 10.1. The third-order valence-electron chi connectivity index (χ3n) is 5.08. The molecule has 10 nitrogen and oxygen atoms in total. The van der Waals surface area contributed by atoms with Crippen LogP contribution in [0.2, 0.25) is 0 Å². The van der Waals surface area contributed by atoms with Crippen molar-refractivity contribution < 1.29 is 56.4 Å². The van der Waals surface area contributed by atoms with Crippen molar-refractivity contribution in [2.45, 2.75) is 0 Å². The summed E-state index contributed by atoms with van der Waals surface area (Å²) >= 11 is 0. The van der Waals surface area contributed by atoms with Crippen molar-refractivity contribution in [1.29, 1.82) is 0 Å². The van der Waals surface area contributed by atoms with Gasteiger partial charge in [-0.15, -0.1) is 0 Å². The summed E-state index contributed by atoms with van der Waals surface area (Å²) in [4.78, 5) is 46.8. The van der Waals surface area contributed by atoms with Gasteiger partial charge in [-0.3, -0.25) is 0 Å². The first kappa shape index (κ1) is 31.0. The maximum atomic E-state index is 14.6. The monoisotopic (exact) mass is 582 g/mol. The topological polar surface area (TPSA) is 124 Å². The van der Waals surface area contributed by atoms with Crippen molar-refractivity contribution in [2.24, 2.45) is 0 Å².